The Morgan fingerprint density at radius 1 is 1.53 bits per heavy atom. The zero-order chi connectivity index (χ0) is 12.3. The summed E-state index contributed by atoms with van der Waals surface area (Å²) < 4.78 is 0. The van der Waals surface area contributed by atoms with Gasteiger partial charge in [-0.25, -0.2) is 0 Å². The van der Waals surface area contributed by atoms with Crippen molar-refractivity contribution in [3.8, 4) is 0 Å². The Balaban J connectivity index is 2.07. The van der Waals surface area contributed by atoms with Crippen LogP contribution in [0.3, 0.4) is 0 Å². The van der Waals surface area contributed by atoms with Gasteiger partial charge in [0.15, 0.2) is 0 Å². The number of rotatable bonds is 6. The molecule has 0 amide bonds. The number of nitrogens with zero attached hydrogens (tertiary/aromatic N) is 2. The van der Waals surface area contributed by atoms with Gasteiger partial charge >= 0.3 is 0 Å². The van der Waals surface area contributed by atoms with E-state index in [1.807, 2.05) is 12.4 Å². The van der Waals surface area contributed by atoms with Crippen molar-refractivity contribution in [3.63, 3.8) is 0 Å². The number of hydrogen-bond acceptors (Lipinski definition) is 3. The maximum Gasteiger partial charge on any atom is 0.0442 e. The fraction of sp³-hybridized carbons (Fsp3) is 0.643. The average molecular weight is 233 g/mol. The zero-order valence-corrected chi connectivity index (χ0v) is 11.1. The molecule has 0 bridgehead atoms. The van der Waals surface area contributed by atoms with Gasteiger partial charge in [-0.2, -0.15) is 0 Å². The number of anilines is 1. The Bertz CT molecular complexity index is 360. The molecule has 2 rings (SSSR count). The van der Waals surface area contributed by atoms with Crippen molar-refractivity contribution in [1.29, 1.82) is 0 Å². The van der Waals surface area contributed by atoms with Gasteiger partial charge in [-0.15, -0.1) is 0 Å². The summed E-state index contributed by atoms with van der Waals surface area (Å²) in [6.45, 7) is 5.43. The van der Waals surface area contributed by atoms with Crippen LogP contribution in [0.1, 0.15) is 38.7 Å². The van der Waals surface area contributed by atoms with E-state index in [-0.39, 0.29) is 0 Å². The highest BCUT2D eigenvalue weighted by molar-refractivity contribution is 5.52. The van der Waals surface area contributed by atoms with Crippen LogP contribution in [0.25, 0.3) is 0 Å². The molecule has 1 unspecified atom stereocenters. The summed E-state index contributed by atoms with van der Waals surface area (Å²) in [7, 11) is 2.17. The summed E-state index contributed by atoms with van der Waals surface area (Å²) in [5.74, 6) is 0. The van der Waals surface area contributed by atoms with E-state index < -0.39 is 0 Å². The number of aromatic nitrogens is 1. The number of pyridine rings is 1. The number of nitrogens with one attached hydrogen (secondary N) is 1. The maximum atomic E-state index is 4.24. The predicted molar refractivity (Wildman–Crippen MR) is 72.3 cm³/mol. The van der Waals surface area contributed by atoms with Crippen LogP contribution in [0.2, 0.25) is 0 Å². The standard InChI is InChI=1S/C14H23N3/c1-4-11(2)17(3)14-7-8-15-9-12(14)10-16-13-5-6-13/h7-9,11,13,16H,4-6,10H2,1-3H3. The van der Waals surface area contributed by atoms with Crippen molar-refractivity contribution < 1.29 is 0 Å². The molecule has 1 aliphatic rings. The second-order valence-electron chi connectivity index (χ2n) is 5.03. The Kier molecular flexibility index (Phi) is 4.00. The summed E-state index contributed by atoms with van der Waals surface area (Å²) >= 11 is 0. The second kappa shape index (κ2) is 5.50. The van der Waals surface area contributed by atoms with E-state index in [0.717, 1.165) is 19.0 Å². The van der Waals surface area contributed by atoms with E-state index in [9.17, 15) is 0 Å². The molecule has 0 radical (unpaired) electrons. The van der Waals surface area contributed by atoms with E-state index in [1.165, 1.54) is 24.1 Å². The highest BCUT2D eigenvalue weighted by atomic mass is 15.1. The van der Waals surface area contributed by atoms with Crippen LogP contribution in [0.4, 0.5) is 5.69 Å². The lowest BCUT2D eigenvalue weighted by molar-refractivity contribution is 0.648. The molecular formula is C14H23N3. The lowest BCUT2D eigenvalue weighted by Crippen LogP contribution is -2.29. The lowest BCUT2D eigenvalue weighted by Gasteiger charge is -2.28. The van der Waals surface area contributed by atoms with Crippen LogP contribution in [0, 0.1) is 0 Å². The largest absolute Gasteiger partial charge is 0.372 e. The Morgan fingerprint density at radius 3 is 2.94 bits per heavy atom. The van der Waals surface area contributed by atoms with Crippen molar-refractivity contribution in [1.82, 2.24) is 10.3 Å². The molecular weight excluding hydrogens is 210 g/mol. The number of hydrogen-bond donors (Lipinski definition) is 1. The molecule has 3 nitrogen and oxygen atoms in total. The normalized spacial score (nSPS) is 16.9. The summed E-state index contributed by atoms with van der Waals surface area (Å²) in [4.78, 5) is 6.60. The fourth-order valence-electron chi connectivity index (χ4n) is 1.95. The molecule has 0 aromatic carbocycles. The van der Waals surface area contributed by atoms with Crippen LogP contribution >= 0.6 is 0 Å². The molecule has 1 saturated carbocycles. The maximum absolute atomic E-state index is 4.24. The van der Waals surface area contributed by atoms with Crippen LogP contribution < -0.4 is 10.2 Å². The molecule has 1 atom stereocenters. The molecule has 1 aliphatic carbocycles. The Hall–Kier alpha value is -1.09. The molecule has 1 fully saturated rings. The van der Waals surface area contributed by atoms with Crippen molar-refractivity contribution in [3.05, 3.63) is 24.0 Å². The lowest BCUT2D eigenvalue weighted by atomic mass is 10.1. The quantitative estimate of drug-likeness (QED) is 0.818. The van der Waals surface area contributed by atoms with Gasteiger partial charge in [0.2, 0.25) is 0 Å². The molecule has 0 saturated heterocycles. The minimum absolute atomic E-state index is 0.567. The fourth-order valence-corrected chi connectivity index (χ4v) is 1.95. The van der Waals surface area contributed by atoms with Gasteiger partial charge in [0, 0.05) is 49.3 Å². The van der Waals surface area contributed by atoms with Gasteiger partial charge in [-0.3, -0.25) is 4.98 Å². The molecule has 3 heteroatoms. The van der Waals surface area contributed by atoms with E-state index in [0.29, 0.717) is 6.04 Å². The molecule has 1 N–H and O–H groups in total. The van der Waals surface area contributed by atoms with Crippen molar-refractivity contribution in [2.45, 2.75) is 51.7 Å². The third-order valence-corrected chi connectivity index (χ3v) is 3.67. The molecule has 94 valence electrons. The van der Waals surface area contributed by atoms with E-state index in [1.54, 1.807) is 0 Å². The molecule has 1 aromatic heterocycles. The summed E-state index contributed by atoms with van der Waals surface area (Å²) in [6, 6.07) is 3.44. The minimum Gasteiger partial charge on any atom is -0.372 e. The monoisotopic (exact) mass is 233 g/mol. The van der Waals surface area contributed by atoms with Crippen molar-refractivity contribution in [2.24, 2.45) is 0 Å². The van der Waals surface area contributed by atoms with Gasteiger partial charge in [0.05, 0.1) is 0 Å². The first-order chi connectivity index (χ1) is 8.22. The molecule has 1 aromatic rings. The smallest absolute Gasteiger partial charge is 0.0442 e. The van der Waals surface area contributed by atoms with Gasteiger partial charge in [-0.1, -0.05) is 6.92 Å². The van der Waals surface area contributed by atoms with E-state index >= 15 is 0 Å². The second-order valence-corrected chi connectivity index (χ2v) is 5.03. The van der Waals surface area contributed by atoms with Crippen LogP contribution in [0.15, 0.2) is 18.5 Å². The molecule has 0 spiro atoms. The Labute approximate surface area is 104 Å². The third-order valence-electron chi connectivity index (χ3n) is 3.67. The third kappa shape index (κ3) is 3.19. The van der Waals surface area contributed by atoms with Gasteiger partial charge in [0.1, 0.15) is 0 Å². The first-order valence-corrected chi connectivity index (χ1v) is 6.61. The van der Waals surface area contributed by atoms with Crippen molar-refractivity contribution in [2.75, 3.05) is 11.9 Å². The van der Waals surface area contributed by atoms with Gasteiger partial charge in [-0.05, 0) is 32.3 Å². The zero-order valence-electron chi connectivity index (χ0n) is 11.1. The first-order valence-electron chi connectivity index (χ1n) is 6.61. The minimum atomic E-state index is 0.567. The van der Waals surface area contributed by atoms with Crippen LogP contribution in [-0.2, 0) is 6.54 Å². The highest BCUT2D eigenvalue weighted by Crippen LogP contribution is 2.23. The predicted octanol–water partition coefficient (Wildman–Crippen LogP) is 2.57. The topological polar surface area (TPSA) is 28.2 Å². The SMILES string of the molecule is CCC(C)N(C)c1ccncc1CNC1CC1. The highest BCUT2D eigenvalue weighted by Gasteiger charge is 2.21. The van der Waals surface area contributed by atoms with E-state index in [2.05, 4.69) is 42.2 Å². The van der Waals surface area contributed by atoms with E-state index in [4.69, 9.17) is 0 Å². The van der Waals surface area contributed by atoms with Gasteiger partial charge in [0.25, 0.3) is 0 Å². The molecule has 0 aliphatic heterocycles. The first kappa shape index (κ1) is 12.4. The average Bonchev–Trinajstić information content (AvgIpc) is 3.19. The van der Waals surface area contributed by atoms with Gasteiger partial charge < -0.3 is 10.2 Å². The summed E-state index contributed by atoms with van der Waals surface area (Å²) in [5, 5.41) is 3.56. The van der Waals surface area contributed by atoms with Crippen LogP contribution in [0.5, 0.6) is 0 Å². The molecule has 1 heterocycles. The summed E-state index contributed by atoms with van der Waals surface area (Å²) in [6.07, 6.45) is 7.69. The summed E-state index contributed by atoms with van der Waals surface area (Å²) in [5.41, 5.74) is 2.62. The Morgan fingerprint density at radius 2 is 2.29 bits per heavy atom. The van der Waals surface area contributed by atoms with Crippen LogP contribution in [-0.4, -0.2) is 24.1 Å². The van der Waals surface area contributed by atoms with Crippen molar-refractivity contribution >= 4 is 5.69 Å². The molecule has 17 heavy (non-hydrogen) atoms.